The predicted molar refractivity (Wildman–Crippen MR) is 82.0 cm³/mol. The van der Waals surface area contributed by atoms with Crippen LogP contribution in [0.25, 0.3) is 0 Å². The number of benzene rings is 1. The van der Waals surface area contributed by atoms with Crippen molar-refractivity contribution in [1.29, 1.82) is 0 Å². The van der Waals surface area contributed by atoms with E-state index in [9.17, 15) is 0 Å². The summed E-state index contributed by atoms with van der Waals surface area (Å²) in [5.74, 6) is 0. The summed E-state index contributed by atoms with van der Waals surface area (Å²) in [4.78, 5) is 2.42. The first-order valence-corrected chi connectivity index (χ1v) is 7.31. The Balaban J connectivity index is 1.74. The van der Waals surface area contributed by atoms with Gasteiger partial charge in [0, 0.05) is 37.9 Å². The number of hydrogen-bond donors (Lipinski definition) is 1. The highest BCUT2D eigenvalue weighted by Gasteiger charge is 2.21. The Morgan fingerprint density at radius 2 is 2.05 bits per heavy atom. The zero-order valence-electron chi connectivity index (χ0n) is 12.2. The van der Waals surface area contributed by atoms with Crippen molar-refractivity contribution < 1.29 is 0 Å². The molecule has 1 aromatic carbocycles. The first-order valence-electron chi connectivity index (χ1n) is 7.31. The van der Waals surface area contributed by atoms with Crippen LogP contribution in [0.2, 0.25) is 0 Å². The topological polar surface area (TPSA) is 33.1 Å². The van der Waals surface area contributed by atoms with Crippen LogP contribution in [0.4, 0.5) is 5.69 Å². The van der Waals surface area contributed by atoms with Gasteiger partial charge in [0.15, 0.2) is 0 Å². The van der Waals surface area contributed by atoms with Crippen molar-refractivity contribution in [2.24, 2.45) is 0 Å². The van der Waals surface area contributed by atoms with Crippen LogP contribution < -0.4 is 10.2 Å². The van der Waals surface area contributed by atoms with Crippen LogP contribution >= 0.6 is 0 Å². The maximum Gasteiger partial charge on any atom is 0.0753 e. The van der Waals surface area contributed by atoms with Crippen molar-refractivity contribution in [3.63, 3.8) is 0 Å². The highest BCUT2D eigenvalue weighted by Crippen LogP contribution is 2.22. The molecule has 4 nitrogen and oxygen atoms in total. The third-order valence-corrected chi connectivity index (χ3v) is 3.86. The van der Waals surface area contributed by atoms with Gasteiger partial charge in [0.05, 0.1) is 11.9 Å². The number of rotatable bonds is 3. The van der Waals surface area contributed by atoms with E-state index in [-0.39, 0.29) is 0 Å². The Morgan fingerprint density at radius 3 is 2.75 bits per heavy atom. The SMILES string of the molecule is CC(C)n1cc(N2CCNC(c3ccccc3)C2)cn1. The average Bonchev–Trinajstić information content (AvgIpc) is 2.98. The molecule has 20 heavy (non-hydrogen) atoms. The Kier molecular flexibility index (Phi) is 3.74. The first kappa shape index (κ1) is 13.2. The molecule has 1 fully saturated rings. The molecule has 1 aliphatic rings. The molecular formula is C16H22N4. The molecular weight excluding hydrogens is 248 g/mol. The van der Waals surface area contributed by atoms with E-state index in [1.165, 1.54) is 11.3 Å². The van der Waals surface area contributed by atoms with Crippen molar-refractivity contribution in [3.8, 4) is 0 Å². The second kappa shape index (κ2) is 5.67. The highest BCUT2D eigenvalue weighted by atomic mass is 15.3. The minimum Gasteiger partial charge on any atom is -0.366 e. The minimum atomic E-state index is 0.396. The van der Waals surface area contributed by atoms with Gasteiger partial charge in [-0.3, -0.25) is 4.68 Å². The Hall–Kier alpha value is -1.81. The van der Waals surface area contributed by atoms with Crippen molar-refractivity contribution in [2.45, 2.75) is 25.9 Å². The van der Waals surface area contributed by atoms with Gasteiger partial charge in [-0.2, -0.15) is 5.10 Å². The fraction of sp³-hybridized carbons (Fsp3) is 0.438. The standard InChI is InChI=1S/C16H22N4/c1-13(2)20-11-15(10-18-20)19-9-8-17-16(12-19)14-6-4-3-5-7-14/h3-7,10-11,13,16-17H,8-9,12H2,1-2H3. The van der Waals surface area contributed by atoms with E-state index < -0.39 is 0 Å². The lowest BCUT2D eigenvalue weighted by atomic mass is 10.0. The molecule has 1 N–H and O–H groups in total. The zero-order chi connectivity index (χ0) is 13.9. The van der Waals surface area contributed by atoms with Crippen molar-refractivity contribution in [2.75, 3.05) is 24.5 Å². The molecule has 1 unspecified atom stereocenters. The molecule has 0 amide bonds. The Morgan fingerprint density at radius 1 is 1.25 bits per heavy atom. The van der Waals surface area contributed by atoms with Gasteiger partial charge in [-0.1, -0.05) is 30.3 Å². The van der Waals surface area contributed by atoms with Gasteiger partial charge in [0.1, 0.15) is 0 Å². The van der Waals surface area contributed by atoms with Crippen molar-refractivity contribution >= 4 is 5.69 Å². The summed E-state index contributed by atoms with van der Waals surface area (Å²) < 4.78 is 2.02. The van der Waals surface area contributed by atoms with E-state index in [2.05, 4.69) is 65.7 Å². The van der Waals surface area contributed by atoms with E-state index in [4.69, 9.17) is 0 Å². The normalized spacial score (nSPS) is 19.6. The molecule has 1 aromatic heterocycles. The molecule has 2 heterocycles. The molecule has 0 saturated carbocycles. The summed E-state index contributed by atoms with van der Waals surface area (Å²) in [5, 5.41) is 8.04. The van der Waals surface area contributed by atoms with Crippen LogP contribution in [0.3, 0.4) is 0 Å². The van der Waals surface area contributed by atoms with Crippen LogP contribution in [0.5, 0.6) is 0 Å². The number of nitrogens with zero attached hydrogens (tertiary/aromatic N) is 3. The lowest BCUT2D eigenvalue weighted by Crippen LogP contribution is -2.45. The van der Waals surface area contributed by atoms with Gasteiger partial charge in [-0.05, 0) is 19.4 Å². The fourth-order valence-electron chi connectivity index (χ4n) is 2.67. The van der Waals surface area contributed by atoms with Crippen LogP contribution in [0.1, 0.15) is 31.5 Å². The van der Waals surface area contributed by atoms with E-state index in [0.29, 0.717) is 12.1 Å². The molecule has 3 rings (SSSR count). The second-order valence-electron chi connectivity index (χ2n) is 5.64. The van der Waals surface area contributed by atoms with E-state index in [1.54, 1.807) is 0 Å². The zero-order valence-corrected chi connectivity index (χ0v) is 12.2. The smallest absolute Gasteiger partial charge is 0.0753 e. The van der Waals surface area contributed by atoms with Crippen LogP contribution in [0.15, 0.2) is 42.7 Å². The quantitative estimate of drug-likeness (QED) is 0.930. The van der Waals surface area contributed by atoms with Crippen molar-refractivity contribution in [1.82, 2.24) is 15.1 Å². The number of piperazine rings is 1. The fourth-order valence-corrected chi connectivity index (χ4v) is 2.67. The number of nitrogens with one attached hydrogen (secondary N) is 1. The summed E-state index contributed by atoms with van der Waals surface area (Å²) in [6.07, 6.45) is 4.13. The van der Waals surface area contributed by atoms with Crippen LogP contribution in [0, 0.1) is 0 Å². The van der Waals surface area contributed by atoms with E-state index >= 15 is 0 Å². The summed E-state index contributed by atoms with van der Waals surface area (Å²) in [6.45, 7) is 7.34. The maximum absolute atomic E-state index is 4.44. The molecule has 1 atom stereocenters. The molecule has 1 aliphatic heterocycles. The second-order valence-corrected chi connectivity index (χ2v) is 5.64. The minimum absolute atomic E-state index is 0.396. The molecule has 2 aromatic rings. The molecule has 0 spiro atoms. The largest absolute Gasteiger partial charge is 0.366 e. The monoisotopic (exact) mass is 270 g/mol. The molecule has 1 saturated heterocycles. The van der Waals surface area contributed by atoms with Crippen molar-refractivity contribution in [3.05, 3.63) is 48.3 Å². The van der Waals surface area contributed by atoms with Gasteiger partial charge in [-0.25, -0.2) is 0 Å². The van der Waals surface area contributed by atoms with Crippen LogP contribution in [-0.4, -0.2) is 29.4 Å². The lowest BCUT2D eigenvalue weighted by molar-refractivity contribution is 0.471. The lowest BCUT2D eigenvalue weighted by Gasteiger charge is -2.34. The Labute approximate surface area is 120 Å². The van der Waals surface area contributed by atoms with Gasteiger partial charge in [0.2, 0.25) is 0 Å². The van der Waals surface area contributed by atoms with Gasteiger partial charge >= 0.3 is 0 Å². The summed E-state index contributed by atoms with van der Waals surface area (Å²) in [7, 11) is 0. The van der Waals surface area contributed by atoms with Gasteiger partial charge < -0.3 is 10.2 Å². The average molecular weight is 270 g/mol. The van der Waals surface area contributed by atoms with Gasteiger partial charge in [0.25, 0.3) is 0 Å². The summed E-state index contributed by atoms with van der Waals surface area (Å²) >= 11 is 0. The maximum atomic E-state index is 4.44. The molecule has 0 bridgehead atoms. The molecule has 0 aliphatic carbocycles. The van der Waals surface area contributed by atoms with E-state index in [0.717, 1.165) is 19.6 Å². The van der Waals surface area contributed by atoms with Gasteiger partial charge in [-0.15, -0.1) is 0 Å². The molecule has 106 valence electrons. The molecule has 0 radical (unpaired) electrons. The van der Waals surface area contributed by atoms with E-state index in [1.807, 2.05) is 10.9 Å². The number of aromatic nitrogens is 2. The van der Waals surface area contributed by atoms with Crippen LogP contribution in [-0.2, 0) is 0 Å². The third-order valence-electron chi connectivity index (χ3n) is 3.86. The summed E-state index contributed by atoms with van der Waals surface area (Å²) in [5.41, 5.74) is 2.58. The first-order chi connectivity index (χ1) is 9.74. The summed E-state index contributed by atoms with van der Waals surface area (Å²) in [6, 6.07) is 11.5. The predicted octanol–water partition coefficient (Wildman–Crippen LogP) is 2.61. The number of hydrogen-bond acceptors (Lipinski definition) is 3. The Bertz CT molecular complexity index is 547. The third kappa shape index (κ3) is 2.70. The number of anilines is 1. The highest BCUT2D eigenvalue weighted by molar-refractivity contribution is 5.44. The molecule has 4 heteroatoms.